The molecule has 1 fully saturated rings. The third-order valence-corrected chi connectivity index (χ3v) is 3.56. The zero-order valence-corrected chi connectivity index (χ0v) is 11.1. The van der Waals surface area contributed by atoms with E-state index in [1.54, 1.807) is 4.90 Å². The van der Waals surface area contributed by atoms with Crippen molar-refractivity contribution in [2.24, 2.45) is 0 Å². The molecule has 2 nitrogen and oxygen atoms in total. The minimum absolute atomic E-state index is 0.184. The van der Waals surface area contributed by atoms with Crippen LogP contribution in [0.3, 0.4) is 0 Å². The van der Waals surface area contributed by atoms with Crippen molar-refractivity contribution in [2.45, 2.75) is 25.1 Å². The van der Waals surface area contributed by atoms with Crippen molar-refractivity contribution in [3.63, 3.8) is 0 Å². The summed E-state index contributed by atoms with van der Waals surface area (Å²) in [7, 11) is 0. The van der Waals surface area contributed by atoms with Crippen LogP contribution in [-0.4, -0.2) is 24.3 Å². The molecule has 0 bridgehead atoms. The molecular weight excluding hydrogens is 311 g/mol. The summed E-state index contributed by atoms with van der Waals surface area (Å²) in [5.74, 6) is 0. The van der Waals surface area contributed by atoms with Gasteiger partial charge in [-0.05, 0) is 31.0 Å². The van der Waals surface area contributed by atoms with E-state index in [2.05, 4.69) is 15.9 Å². The molecular formula is C12H13BrF3NO. The normalized spacial score (nSPS) is 18.2. The second kappa shape index (κ2) is 5.09. The first-order valence-electron chi connectivity index (χ1n) is 5.67. The van der Waals surface area contributed by atoms with Crippen LogP contribution in [0.4, 0.5) is 18.9 Å². The van der Waals surface area contributed by atoms with Gasteiger partial charge in [0.1, 0.15) is 0 Å². The predicted molar refractivity (Wildman–Crippen MR) is 66.6 cm³/mol. The molecule has 6 heteroatoms. The summed E-state index contributed by atoms with van der Waals surface area (Å²) >= 11 is 3.20. The van der Waals surface area contributed by atoms with E-state index in [0.717, 1.165) is 6.07 Å². The highest BCUT2D eigenvalue weighted by Gasteiger charge is 2.35. The highest BCUT2D eigenvalue weighted by atomic mass is 79.9. The number of alkyl halides is 3. The van der Waals surface area contributed by atoms with Crippen molar-refractivity contribution in [3.8, 4) is 0 Å². The monoisotopic (exact) mass is 323 g/mol. The minimum atomic E-state index is -4.36. The third-order valence-electron chi connectivity index (χ3n) is 3.07. The Morgan fingerprint density at radius 1 is 1.22 bits per heavy atom. The zero-order chi connectivity index (χ0) is 13.3. The first-order chi connectivity index (χ1) is 8.38. The molecule has 0 unspecified atom stereocenters. The molecule has 0 saturated carbocycles. The lowest BCUT2D eigenvalue weighted by molar-refractivity contribution is -0.137. The second-order valence-corrected chi connectivity index (χ2v) is 5.29. The fourth-order valence-corrected chi connectivity index (χ4v) is 2.46. The van der Waals surface area contributed by atoms with Crippen LogP contribution >= 0.6 is 15.9 Å². The average Bonchev–Trinajstić information content (AvgIpc) is 2.28. The Balaban J connectivity index is 2.33. The van der Waals surface area contributed by atoms with Crippen molar-refractivity contribution in [3.05, 3.63) is 28.2 Å². The summed E-state index contributed by atoms with van der Waals surface area (Å²) in [6.07, 6.45) is -3.75. The van der Waals surface area contributed by atoms with Gasteiger partial charge in [-0.15, -0.1) is 0 Å². The Kier molecular flexibility index (Phi) is 3.87. The van der Waals surface area contributed by atoms with Gasteiger partial charge in [0.25, 0.3) is 0 Å². The smallest absolute Gasteiger partial charge is 0.393 e. The molecule has 1 aliphatic rings. The molecule has 1 aromatic rings. The van der Waals surface area contributed by atoms with E-state index >= 15 is 0 Å². The summed E-state index contributed by atoms with van der Waals surface area (Å²) in [4.78, 5) is 1.68. The maximum Gasteiger partial charge on any atom is 0.418 e. The van der Waals surface area contributed by atoms with E-state index in [1.807, 2.05) is 0 Å². The Bertz CT molecular complexity index is 428. The lowest BCUT2D eigenvalue weighted by Crippen LogP contribution is -2.36. The number of benzene rings is 1. The summed E-state index contributed by atoms with van der Waals surface area (Å²) in [6, 6.07) is 3.97. The number of anilines is 1. The van der Waals surface area contributed by atoms with Gasteiger partial charge in [-0.3, -0.25) is 0 Å². The Hall–Kier alpha value is -0.750. The number of nitrogens with zero attached hydrogens (tertiary/aromatic N) is 1. The molecule has 0 atom stereocenters. The summed E-state index contributed by atoms with van der Waals surface area (Å²) in [6.45, 7) is 0.890. The van der Waals surface area contributed by atoms with E-state index < -0.39 is 17.8 Å². The highest BCUT2D eigenvalue weighted by molar-refractivity contribution is 9.10. The quantitative estimate of drug-likeness (QED) is 0.856. The molecule has 100 valence electrons. The van der Waals surface area contributed by atoms with Crippen molar-refractivity contribution in [1.29, 1.82) is 0 Å². The summed E-state index contributed by atoms with van der Waals surface area (Å²) in [5, 5.41) is 9.40. The van der Waals surface area contributed by atoms with Crippen LogP contribution in [0.1, 0.15) is 18.4 Å². The van der Waals surface area contributed by atoms with E-state index in [1.165, 1.54) is 12.1 Å². The number of aliphatic hydroxyl groups excluding tert-OH is 1. The van der Waals surface area contributed by atoms with Gasteiger partial charge < -0.3 is 10.0 Å². The summed E-state index contributed by atoms with van der Waals surface area (Å²) < 4.78 is 39.4. The van der Waals surface area contributed by atoms with Crippen molar-refractivity contribution >= 4 is 21.6 Å². The predicted octanol–water partition coefficient (Wildman–Crippen LogP) is 3.43. The van der Waals surface area contributed by atoms with Crippen LogP contribution in [0, 0.1) is 0 Å². The number of hydrogen-bond donors (Lipinski definition) is 1. The van der Waals surface area contributed by atoms with Crippen LogP contribution < -0.4 is 4.90 Å². The van der Waals surface area contributed by atoms with Gasteiger partial charge in [0, 0.05) is 17.6 Å². The second-order valence-electron chi connectivity index (χ2n) is 4.38. The Morgan fingerprint density at radius 3 is 2.39 bits per heavy atom. The Morgan fingerprint density at radius 2 is 1.83 bits per heavy atom. The van der Waals surface area contributed by atoms with E-state index in [4.69, 9.17) is 0 Å². The highest BCUT2D eigenvalue weighted by Crippen LogP contribution is 2.38. The SMILES string of the molecule is OC1CCN(c2cc(Br)ccc2C(F)(F)F)CC1. The fraction of sp³-hybridized carbons (Fsp3) is 0.500. The van der Waals surface area contributed by atoms with Crippen molar-refractivity contribution in [1.82, 2.24) is 0 Å². The Labute approximate surface area is 112 Å². The third kappa shape index (κ3) is 2.98. The largest absolute Gasteiger partial charge is 0.418 e. The molecule has 0 aliphatic carbocycles. The number of piperidine rings is 1. The molecule has 0 aromatic heterocycles. The van der Waals surface area contributed by atoms with Crippen molar-refractivity contribution in [2.75, 3.05) is 18.0 Å². The number of aliphatic hydroxyl groups is 1. The van der Waals surface area contributed by atoms with Gasteiger partial charge in [0.2, 0.25) is 0 Å². The molecule has 1 aliphatic heterocycles. The van der Waals surface area contributed by atoms with Crippen LogP contribution in [0.5, 0.6) is 0 Å². The molecule has 0 amide bonds. The molecule has 1 saturated heterocycles. The van der Waals surface area contributed by atoms with E-state index in [9.17, 15) is 18.3 Å². The molecule has 0 spiro atoms. The van der Waals surface area contributed by atoms with E-state index in [0.29, 0.717) is 30.4 Å². The van der Waals surface area contributed by atoms with Crippen LogP contribution in [0.25, 0.3) is 0 Å². The summed E-state index contributed by atoms with van der Waals surface area (Å²) in [5.41, 5.74) is -0.439. The van der Waals surface area contributed by atoms with Crippen LogP contribution in [0.15, 0.2) is 22.7 Å². The van der Waals surface area contributed by atoms with Gasteiger partial charge in [-0.25, -0.2) is 0 Å². The van der Waals surface area contributed by atoms with Gasteiger partial charge in [0.05, 0.1) is 17.4 Å². The van der Waals surface area contributed by atoms with Gasteiger partial charge in [-0.2, -0.15) is 13.2 Å². The van der Waals surface area contributed by atoms with Crippen molar-refractivity contribution < 1.29 is 18.3 Å². The average molecular weight is 324 g/mol. The van der Waals surface area contributed by atoms with Gasteiger partial charge in [-0.1, -0.05) is 15.9 Å². The van der Waals surface area contributed by atoms with Crippen LogP contribution in [0.2, 0.25) is 0 Å². The first-order valence-corrected chi connectivity index (χ1v) is 6.47. The first kappa shape index (κ1) is 13.7. The number of halogens is 4. The zero-order valence-electron chi connectivity index (χ0n) is 9.54. The lowest BCUT2D eigenvalue weighted by Gasteiger charge is -2.33. The standard InChI is InChI=1S/C12H13BrF3NO/c13-8-1-2-10(12(14,15)16)11(7-8)17-5-3-9(18)4-6-17/h1-2,7,9,18H,3-6H2. The lowest BCUT2D eigenvalue weighted by atomic mass is 10.0. The number of rotatable bonds is 1. The van der Waals surface area contributed by atoms with Gasteiger partial charge >= 0.3 is 6.18 Å². The van der Waals surface area contributed by atoms with Crippen LogP contribution in [-0.2, 0) is 6.18 Å². The van der Waals surface area contributed by atoms with Gasteiger partial charge in [0.15, 0.2) is 0 Å². The molecule has 18 heavy (non-hydrogen) atoms. The molecule has 1 N–H and O–H groups in total. The topological polar surface area (TPSA) is 23.5 Å². The maximum atomic E-state index is 12.9. The minimum Gasteiger partial charge on any atom is -0.393 e. The molecule has 1 heterocycles. The molecule has 1 aromatic carbocycles. The fourth-order valence-electron chi connectivity index (χ4n) is 2.11. The number of hydrogen-bond acceptors (Lipinski definition) is 2. The molecule has 2 rings (SSSR count). The van der Waals surface area contributed by atoms with E-state index in [-0.39, 0.29) is 5.69 Å². The maximum absolute atomic E-state index is 12.9. The molecule has 0 radical (unpaired) electrons.